The van der Waals surface area contributed by atoms with E-state index in [-0.39, 0.29) is 5.91 Å². The van der Waals surface area contributed by atoms with Crippen molar-refractivity contribution in [3.63, 3.8) is 0 Å². The largest absolute Gasteiger partial charge is 0.351 e. The quantitative estimate of drug-likeness (QED) is 0.821. The Balaban J connectivity index is 2.73. The predicted molar refractivity (Wildman–Crippen MR) is 80.6 cm³/mol. The van der Waals surface area contributed by atoms with Crippen molar-refractivity contribution in [1.29, 1.82) is 0 Å². The maximum atomic E-state index is 12.2. The SMILES string of the molecule is CCCC(Br)CNC(=O)c1c(C)cc(C)cc1C. The van der Waals surface area contributed by atoms with Crippen molar-refractivity contribution < 1.29 is 4.79 Å². The van der Waals surface area contributed by atoms with Gasteiger partial charge < -0.3 is 5.32 Å². The minimum absolute atomic E-state index is 0.0329. The molecule has 1 amide bonds. The van der Waals surface area contributed by atoms with Crippen LogP contribution in [0.15, 0.2) is 12.1 Å². The summed E-state index contributed by atoms with van der Waals surface area (Å²) in [7, 11) is 0. The van der Waals surface area contributed by atoms with Crippen LogP contribution in [0.1, 0.15) is 46.8 Å². The third kappa shape index (κ3) is 4.13. The van der Waals surface area contributed by atoms with E-state index in [4.69, 9.17) is 0 Å². The molecule has 1 N–H and O–H groups in total. The van der Waals surface area contributed by atoms with Crippen LogP contribution < -0.4 is 5.32 Å². The van der Waals surface area contributed by atoms with Crippen molar-refractivity contribution in [1.82, 2.24) is 5.32 Å². The summed E-state index contributed by atoms with van der Waals surface area (Å²) in [4.78, 5) is 12.5. The Morgan fingerprint density at radius 1 is 1.28 bits per heavy atom. The molecule has 100 valence electrons. The summed E-state index contributed by atoms with van der Waals surface area (Å²) in [6.07, 6.45) is 2.19. The van der Waals surface area contributed by atoms with Gasteiger partial charge in [0, 0.05) is 16.9 Å². The first kappa shape index (κ1) is 15.2. The summed E-state index contributed by atoms with van der Waals surface area (Å²) < 4.78 is 0. The first-order valence-corrected chi connectivity index (χ1v) is 7.37. The Morgan fingerprint density at radius 2 is 1.83 bits per heavy atom. The topological polar surface area (TPSA) is 29.1 Å². The molecule has 0 saturated heterocycles. The van der Waals surface area contributed by atoms with Gasteiger partial charge in [-0.15, -0.1) is 0 Å². The molecule has 2 nitrogen and oxygen atoms in total. The molecule has 1 aromatic carbocycles. The van der Waals surface area contributed by atoms with Crippen molar-refractivity contribution >= 4 is 21.8 Å². The summed E-state index contributed by atoms with van der Waals surface area (Å²) in [6.45, 7) is 8.86. The van der Waals surface area contributed by atoms with Gasteiger partial charge in [0.25, 0.3) is 5.91 Å². The summed E-state index contributed by atoms with van der Waals surface area (Å²) >= 11 is 3.57. The third-order valence-electron chi connectivity index (χ3n) is 2.99. The minimum Gasteiger partial charge on any atom is -0.351 e. The normalized spacial score (nSPS) is 12.3. The zero-order valence-electron chi connectivity index (χ0n) is 11.6. The van der Waals surface area contributed by atoms with Gasteiger partial charge in [-0.05, 0) is 38.3 Å². The number of rotatable bonds is 5. The van der Waals surface area contributed by atoms with Crippen molar-refractivity contribution in [3.8, 4) is 0 Å². The number of hydrogen-bond acceptors (Lipinski definition) is 1. The molecular formula is C15H22BrNO. The highest BCUT2D eigenvalue weighted by Crippen LogP contribution is 2.16. The van der Waals surface area contributed by atoms with Gasteiger partial charge in [0.1, 0.15) is 0 Å². The van der Waals surface area contributed by atoms with Crippen molar-refractivity contribution in [3.05, 3.63) is 34.4 Å². The van der Waals surface area contributed by atoms with Gasteiger partial charge in [-0.2, -0.15) is 0 Å². The second kappa shape index (κ2) is 6.93. The minimum atomic E-state index is 0.0329. The number of carbonyl (C=O) groups is 1. The number of halogens is 1. The highest BCUT2D eigenvalue weighted by atomic mass is 79.9. The fraction of sp³-hybridized carbons (Fsp3) is 0.533. The van der Waals surface area contributed by atoms with Gasteiger partial charge in [-0.3, -0.25) is 4.79 Å². The molecule has 3 heteroatoms. The molecule has 0 saturated carbocycles. The van der Waals surface area contributed by atoms with Gasteiger partial charge in [0.05, 0.1) is 0 Å². The first-order chi connectivity index (χ1) is 8.45. The molecule has 0 aliphatic heterocycles. The van der Waals surface area contributed by atoms with Crippen molar-refractivity contribution in [2.75, 3.05) is 6.54 Å². The van der Waals surface area contributed by atoms with Gasteiger partial charge in [0.15, 0.2) is 0 Å². The van der Waals surface area contributed by atoms with Crippen LogP contribution in [0.5, 0.6) is 0 Å². The second-order valence-electron chi connectivity index (χ2n) is 4.87. The Bertz CT molecular complexity index is 405. The van der Waals surface area contributed by atoms with E-state index < -0.39 is 0 Å². The number of nitrogens with one attached hydrogen (secondary N) is 1. The average Bonchev–Trinajstić information content (AvgIpc) is 2.25. The van der Waals surface area contributed by atoms with E-state index in [0.717, 1.165) is 29.5 Å². The Morgan fingerprint density at radius 3 is 2.33 bits per heavy atom. The molecule has 0 aromatic heterocycles. The molecule has 0 aliphatic rings. The molecule has 0 aliphatic carbocycles. The molecule has 0 fully saturated rings. The number of alkyl halides is 1. The van der Waals surface area contributed by atoms with E-state index in [1.807, 2.05) is 13.8 Å². The fourth-order valence-corrected chi connectivity index (χ4v) is 2.87. The molecule has 1 aromatic rings. The molecule has 0 bridgehead atoms. The molecule has 0 spiro atoms. The van der Waals surface area contributed by atoms with E-state index in [1.54, 1.807) is 0 Å². The number of amides is 1. The standard InChI is InChI=1S/C15H22BrNO/c1-5-6-13(16)9-17-15(18)14-11(3)7-10(2)8-12(14)4/h7-8,13H,5-6,9H2,1-4H3,(H,17,18). The summed E-state index contributed by atoms with van der Waals surface area (Å²) in [5.41, 5.74) is 4.11. The Hall–Kier alpha value is -0.830. The number of carbonyl (C=O) groups excluding carboxylic acids is 1. The summed E-state index contributed by atoms with van der Waals surface area (Å²) in [5.74, 6) is 0.0329. The first-order valence-electron chi connectivity index (χ1n) is 6.45. The van der Waals surface area contributed by atoms with Crippen LogP contribution in [0.3, 0.4) is 0 Å². The highest BCUT2D eigenvalue weighted by Gasteiger charge is 2.13. The lowest BCUT2D eigenvalue weighted by molar-refractivity contribution is 0.0952. The lowest BCUT2D eigenvalue weighted by Crippen LogP contribution is -2.30. The number of benzene rings is 1. The molecule has 0 heterocycles. The number of aryl methyl sites for hydroxylation is 3. The molecule has 18 heavy (non-hydrogen) atoms. The molecule has 1 unspecified atom stereocenters. The smallest absolute Gasteiger partial charge is 0.251 e. The van der Waals surface area contributed by atoms with Crippen molar-refractivity contribution in [2.45, 2.75) is 45.4 Å². The lowest BCUT2D eigenvalue weighted by atomic mass is 9.99. The zero-order chi connectivity index (χ0) is 13.7. The number of hydrogen-bond donors (Lipinski definition) is 1. The maximum absolute atomic E-state index is 12.2. The monoisotopic (exact) mass is 311 g/mol. The Labute approximate surface area is 118 Å². The third-order valence-corrected chi connectivity index (χ3v) is 3.77. The van der Waals surface area contributed by atoms with Crippen LogP contribution in [-0.2, 0) is 0 Å². The van der Waals surface area contributed by atoms with Gasteiger partial charge in [-0.25, -0.2) is 0 Å². The van der Waals surface area contributed by atoms with E-state index in [9.17, 15) is 4.79 Å². The Kier molecular flexibility index (Phi) is 5.86. The van der Waals surface area contributed by atoms with Crippen LogP contribution in [-0.4, -0.2) is 17.3 Å². The summed E-state index contributed by atoms with van der Waals surface area (Å²) in [5, 5.41) is 3.00. The van der Waals surface area contributed by atoms with E-state index >= 15 is 0 Å². The molecular weight excluding hydrogens is 290 g/mol. The average molecular weight is 312 g/mol. The van der Waals surface area contributed by atoms with Gasteiger partial charge in [-0.1, -0.05) is 47.0 Å². The van der Waals surface area contributed by atoms with E-state index in [2.05, 4.69) is 47.2 Å². The molecule has 1 atom stereocenters. The molecule has 0 radical (unpaired) electrons. The van der Waals surface area contributed by atoms with Crippen LogP contribution in [0.25, 0.3) is 0 Å². The second-order valence-corrected chi connectivity index (χ2v) is 6.16. The van der Waals surface area contributed by atoms with Crippen LogP contribution in [0, 0.1) is 20.8 Å². The van der Waals surface area contributed by atoms with E-state index in [0.29, 0.717) is 11.4 Å². The van der Waals surface area contributed by atoms with Crippen LogP contribution in [0.2, 0.25) is 0 Å². The predicted octanol–water partition coefficient (Wildman–Crippen LogP) is 3.91. The zero-order valence-corrected chi connectivity index (χ0v) is 13.2. The molecule has 1 rings (SSSR count). The van der Waals surface area contributed by atoms with E-state index in [1.165, 1.54) is 5.56 Å². The van der Waals surface area contributed by atoms with Gasteiger partial charge in [0.2, 0.25) is 0 Å². The van der Waals surface area contributed by atoms with Crippen LogP contribution in [0.4, 0.5) is 0 Å². The summed E-state index contributed by atoms with van der Waals surface area (Å²) in [6, 6.07) is 4.11. The lowest BCUT2D eigenvalue weighted by Gasteiger charge is -2.14. The van der Waals surface area contributed by atoms with Crippen molar-refractivity contribution in [2.24, 2.45) is 0 Å². The van der Waals surface area contributed by atoms with Crippen LogP contribution >= 0.6 is 15.9 Å². The highest BCUT2D eigenvalue weighted by molar-refractivity contribution is 9.09. The fourth-order valence-electron chi connectivity index (χ4n) is 2.25. The van der Waals surface area contributed by atoms with Gasteiger partial charge >= 0.3 is 0 Å². The maximum Gasteiger partial charge on any atom is 0.251 e.